The van der Waals surface area contributed by atoms with Gasteiger partial charge >= 0.3 is 0 Å². The lowest BCUT2D eigenvalue weighted by Gasteiger charge is -2.12. The lowest BCUT2D eigenvalue weighted by atomic mass is 10.1. The lowest BCUT2D eigenvalue weighted by Crippen LogP contribution is -2.04. The Morgan fingerprint density at radius 1 is 0.952 bits per heavy atom. The number of hydrogen-bond donors (Lipinski definition) is 1. The molecule has 3 nitrogen and oxygen atoms in total. The van der Waals surface area contributed by atoms with Gasteiger partial charge in [-0.15, -0.1) is 0 Å². The van der Waals surface area contributed by atoms with Gasteiger partial charge in [0.2, 0.25) is 0 Å². The molecule has 112 valence electrons. The second-order valence-corrected chi connectivity index (χ2v) is 4.56. The van der Waals surface area contributed by atoms with E-state index >= 15 is 0 Å². The molecule has 0 spiro atoms. The topological polar surface area (TPSA) is 44.5 Å². The van der Waals surface area contributed by atoms with Crippen LogP contribution >= 0.6 is 0 Å². The van der Waals surface area contributed by atoms with E-state index in [4.69, 9.17) is 15.2 Å². The smallest absolute Gasteiger partial charge is 0.161 e. The molecule has 2 aromatic carbocycles. The van der Waals surface area contributed by atoms with Crippen LogP contribution in [0.1, 0.15) is 11.1 Å². The maximum Gasteiger partial charge on any atom is 0.161 e. The normalized spacial score (nSPS) is 10.5. The van der Waals surface area contributed by atoms with Gasteiger partial charge in [-0.2, -0.15) is 0 Å². The molecule has 0 atom stereocenters. The quantitative estimate of drug-likeness (QED) is 0.890. The Kier molecular flexibility index (Phi) is 5.11. The van der Waals surface area contributed by atoms with Crippen LogP contribution in [0.4, 0.5) is 8.78 Å². The molecule has 2 aromatic rings. The van der Waals surface area contributed by atoms with E-state index in [1.165, 1.54) is 6.07 Å². The summed E-state index contributed by atoms with van der Waals surface area (Å²) in [6.45, 7) is 0.661. The average molecular weight is 293 g/mol. The summed E-state index contributed by atoms with van der Waals surface area (Å²) in [4.78, 5) is 0. The van der Waals surface area contributed by atoms with Crippen LogP contribution < -0.4 is 15.2 Å². The molecule has 0 unspecified atom stereocenters. The fourth-order valence-electron chi connectivity index (χ4n) is 1.95. The molecule has 0 bridgehead atoms. The molecule has 0 radical (unpaired) electrons. The van der Waals surface area contributed by atoms with Crippen LogP contribution in [0.3, 0.4) is 0 Å². The molecule has 0 aliphatic heterocycles. The fourth-order valence-corrected chi connectivity index (χ4v) is 1.95. The highest BCUT2D eigenvalue weighted by atomic mass is 19.2. The molecular formula is C16H17F2NO2. The third-order valence-electron chi connectivity index (χ3n) is 3.04. The fraction of sp³-hybridized carbons (Fsp3) is 0.250. The molecule has 0 amide bonds. The van der Waals surface area contributed by atoms with Crippen LogP contribution in [-0.4, -0.2) is 13.7 Å². The highest BCUT2D eigenvalue weighted by Gasteiger charge is 2.08. The molecular weight excluding hydrogens is 276 g/mol. The van der Waals surface area contributed by atoms with E-state index in [2.05, 4.69) is 0 Å². The average Bonchev–Trinajstić information content (AvgIpc) is 2.49. The van der Waals surface area contributed by atoms with Gasteiger partial charge < -0.3 is 15.2 Å². The molecule has 0 saturated carbocycles. The second kappa shape index (κ2) is 7.04. The highest BCUT2D eigenvalue weighted by molar-refractivity contribution is 5.43. The van der Waals surface area contributed by atoms with Gasteiger partial charge in [0.25, 0.3) is 0 Å². The summed E-state index contributed by atoms with van der Waals surface area (Å²) < 4.78 is 36.9. The van der Waals surface area contributed by atoms with Gasteiger partial charge in [0.1, 0.15) is 6.61 Å². The van der Waals surface area contributed by atoms with Crippen molar-refractivity contribution in [3.63, 3.8) is 0 Å². The minimum absolute atomic E-state index is 0.125. The molecule has 2 rings (SSSR count). The van der Waals surface area contributed by atoms with Crippen molar-refractivity contribution >= 4 is 0 Å². The third kappa shape index (κ3) is 3.92. The van der Waals surface area contributed by atoms with Crippen molar-refractivity contribution in [2.75, 3.05) is 13.7 Å². The third-order valence-corrected chi connectivity index (χ3v) is 3.04. The zero-order valence-electron chi connectivity index (χ0n) is 11.7. The molecule has 0 aromatic heterocycles. The first-order valence-corrected chi connectivity index (χ1v) is 6.57. The summed E-state index contributed by atoms with van der Waals surface area (Å²) in [6, 6.07) is 9.23. The number of hydrogen-bond acceptors (Lipinski definition) is 3. The van der Waals surface area contributed by atoms with E-state index < -0.39 is 11.6 Å². The van der Waals surface area contributed by atoms with Gasteiger partial charge in [0, 0.05) is 0 Å². The number of methoxy groups -OCH3 is 1. The van der Waals surface area contributed by atoms with Crippen molar-refractivity contribution in [1.82, 2.24) is 0 Å². The van der Waals surface area contributed by atoms with Gasteiger partial charge in [-0.3, -0.25) is 0 Å². The van der Waals surface area contributed by atoms with Crippen LogP contribution in [0, 0.1) is 11.6 Å². The van der Waals surface area contributed by atoms with Gasteiger partial charge in [-0.05, 0) is 48.4 Å². The molecule has 21 heavy (non-hydrogen) atoms. The van der Waals surface area contributed by atoms with Crippen molar-refractivity contribution in [3.8, 4) is 11.5 Å². The summed E-state index contributed by atoms with van der Waals surface area (Å²) in [6.07, 6.45) is 0.728. The van der Waals surface area contributed by atoms with Crippen molar-refractivity contribution in [3.05, 3.63) is 59.2 Å². The number of nitrogens with two attached hydrogens (primary N) is 1. The minimum Gasteiger partial charge on any atom is -0.493 e. The van der Waals surface area contributed by atoms with Crippen molar-refractivity contribution in [1.29, 1.82) is 0 Å². The van der Waals surface area contributed by atoms with Gasteiger partial charge in [0.05, 0.1) is 7.11 Å². The predicted octanol–water partition coefficient (Wildman–Crippen LogP) is 3.05. The SMILES string of the molecule is COc1ccc(CCN)cc1OCc1ccc(F)c(F)c1. The van der Waals surface area contributed by atoms with E-state index in [0.717, 1.165) is 24.1 Å². The maximum absolute atomic E-state index is 13.1. The molecule has 2 N–H and O–H groups in total. The number of halogens is 2. The van der Waals surface area contributed by atoms with Crippen molar-refractivity contribution in [2.45, 2.75) is 13.0 Å². The zero-order chi connectivity index (χ0) is 15.2. The number of ether oxygens (including phenoxy) is 2. The first-order chi connectivity index (χ1) is 10.1. The minimum atomic E-state index is -0.889. The predicted molar refractivity (Wildman–Crippen MR) is 76.4 cm³/mol. The van der Waals surface area contributed by atoms with Gasteiger partial charge in [-0.1, -0.05) is 12.1 Å². The maximum atomic E-state index is 13.1. The monoisotopic (exact) mass is 293 g/mol. The summed E-state index contributed by atoms with van der Waals surface area (Å²) in [7, 11) is 1.54. The van der Waals surface area contributed by atoms with Crippen LogP contribution in [0.2, 0.25) is 0 Å². The molecule has 0 aliphatic rings. The van der Waals surface area contributed by atoms with Crippen molar-refractivity contribution < 1.29 is 18.3 Å². The summed E-state index contributed by atoms with van der Waals surface area (Å²) >= 11 is 0. The Morgan fingerprint density at radius 2 is 1.71 bits per heavy atom. The molecule has 0 heterocycles. The largest absolute Gasteiger partial charge is 0.493 e. The zero-order valence-corrected chi connectivity index (χ0v) is 11.7. The molecule has 0 saturated heterocycles. The first-order valence-electron chi connectivity index (χ1n) is 6.57. The van der Waals surface area contributed by atoms with Crippen LogP contribution in [0.25, 0.3) is 0 Å². The molecule has 0 fully saturated rings. The Hall–Kier alpha value is -2.14. The van der Waals surface area contributed by atoms with Crippen LogP contribution in [0.15, 0.2) is 36.4 Å². The Morgan fingerprint density at radius 3 is 2.38 bits per heavy atom. The van der Waals surface area contributed by atoms with Gasteiger partial charge in [0.15, 0.2) is 23.1 Å². The molecule has 0 aliphatic carbocycles. The number of benzene rings is 2. The standard InChI is InChI=1S/C16H17F2NO2/c1-20-15-5-3-11(6-7-19)9-16(15)21-10-12-2-4-13(17)14(18)8-12/h2-5,8-9H,6-7,10,19H2,1H3. The van der Waals surface area contributed by atoms with Gasteiger partial charge in [-0.25, -0.2) is 8.78 Å². The lowest BCUT2D eigenvalue weighted by molar-refractivity contribution is 0.283. The molecule has 5 heteroatoms. The van der Waals surface area contributed by atoms with Crippen molar-refractivity contribution in [2.24, 2.45) is 5.73 Å². The summed E-state index contributed by atoms with van der Waals surface area (Å²) in [5, 5.41) is 0. The van der Waals surface area contributed by atoms with E-state index in [9.17, 15) is 8.78 Å². The van der Waals surface area contributed by atoms with E-state index in [1.807, 2.05) is 12.1 Å². The second-order valence-electron chi connectivity index (χ2n) is 4.56. The first kappa shape index (κ1) is 15.3. The Balaban J connectivity index is 2.13. The van der Waals surface area contributed by atoms with E-state index in [0.29, 0.717) is 23.6 Å². The Bertz CT molecular complexity index is 617. The van der Waals surface area contributed by atoms with Crippen LogP contribution in [-0.2, 0) is 13.0 Å². The summed E-state index contributed by atoms with van der Waals surface area (Å²) in [5.41, 5.74) is 7.10. The number of rotatable bonds is 6. The van der Waals surface area contributed by atoms with E-state index in [-0.39, 0.29) is 6.61 Å². The Labute approximate surface area is 122 Å². The summed E-state index contributed by atoms with van der Waals surface area (Å²) in [5.74, 6) is -0.632. The highest BCUT2D eigenvalue weighted by Crippen LogP contribution is 2.29. The van der Waals surface area contributed by atoms with Crippen LogP contribution in [0.5, 0.6) is 11.5 Å². The van der Waals surface area contributed by atoms with E-state index in [1.54, 1.807) is 13.2 Å².